The summed E-state index contributed by atoms with van der Waals surface area (Å²) < 4.78 is 13.4. The summed E-state index contributed by atoms with van der Waals surface area (Å²) in [5.74, 6) is 0.102. The van der Waals surface area contributed by atoms with Crippen LogP contribution in [0.25, 0.3) is 0 Å². The maximum Gasteiger partial charge on any atom is 0.319 e. The third-order valence-electron chi connectivity index (χ3n) is 4.05. The minimum absolute atomic E-state index is 0.219. The van der Waals surface area contributed by atoms with E-state index in [4.69, 9.17) is 0 Å². The highest BCUT2D eigenvalue weighted by molar-refractivity contribution is 5.89. The lowest BCUT2D eigenvalue weighted by Gasteiger charge is -2.15. The van der Waals surface area contributed by atoms with Crippen LogP contribution in [0.2, 0.25) is 0 Å². The minimum Gasteiger partial charge on any atom is -0.338 e. The smallest absolute Gasteiger partial charge is 0.319 e. The van der Waals surface area contributed by atoms with E-state index in [9.17, 15) is 9.18 Å². The molecule has 1 saturated carbocycles. The molecule has 2 amide bonds. The highest BCUT2D eigenvalue weighted by Gasteiger charge is 2.34. The lowest BCUT2D eigenvalue weighted by atomic mass is 10.1. The molecule has 20 heavy (non-hydrogen) atoms. The van der Waals surface area contributed by atoms with Crippen LogP contribution in [0.1, 0.15) is 19.3 Å². The Labute approximate surface area is 118 Å². The van der Waals surface area contributed by atoms with Crippen LogP contribution in [0.5, 0.6) is 0 Å². The lowest BCUT2D eigenvalue weighted by molar-refractivity contribution is 0.249. The van der Waals surface area contributed by atoms with Crippen molar-refractivity contribution in [3.05, 3.63) is 30.1 Å². The third-order valence-corrected chi connectivity index (χ3v) is 4.05. The number of hydrogen-bond donors (Lipinski definition) is 2. The molecule has 1 heterocycles. The highest BCUT2D eigenvalue weighted by atomic mass is 19.1. The first-order valence-electron chi connectivity index (χ1n) is 7.26. The minimum atomic E-state index is -0.413. The van der Waals surface area contributed by atoms with Crippen molar-refractivity contribution in [2.45, 2.75) is 25.3 Å². The first-order valence-corrected chi connectivity index (χ1v) is 7.26. The Morgan fingerprint density at radius 2 is 2.10 bits per heavy atom. The van der Waals surface area contributed by atoms with Crippen LogP contribution in [0, 0.1) is 11.7 Å². The number of nitrogens with zero attached hydrogens (tertiary/aromatic N) is 1. The molecule has 0 radical (unpaired) electrons. The van der Waals surface area contributed by atoms with Crippen molar-refractivity contribution in [1.29, 1.82) is 0 Å². The molecule has 5 heteroatoms. The van der Waals surface area contributed by atoms with Crippen molar-refractivity contribution in [3.8, 4) is 0 Å². The molecule has 3 rings (SSSR count). The highest BCUT2D eigenvalue weighted by Crippen LogP contribution is 2.31. The maximum absolute atomic E-state index is 13.4. The van der Waals surface area contributed by atoms with Gasteiger partial charge in [-0.15, -0.1) is 0 Å². The number of hydrogen-bond acceptors (Lipinski definition) is 2. The van der Waals surface area contributed by atoms with Crippen molar-refractivity contribution in [2.75, 3.05) is 25.0 Å². The van der Waals surface area contributed by atoms with Crippen LogP contribution >= 0.6 is 0 Å². The summed E-state index contributed by atoms with van der Waals surface area (Å²) in [6.45, 7) is 2.88. The number of carbonyl (C=O) groups excluding carboxylic acids is 1. The maximum atomic E-state index is 13.4. The van der Waals surface area contributed by atoms with Crippen molar-refractivity contribution < 1.29 is 9.18 Å². The molecule has 2 N–H and O–H groups in total. The van der Waals surface area contributed by atoms with Crippen LogP contribution < -0.4 is 10.6 Å². The number of carbonyl (C=O) groups is 1. The number of urea groups is 1. The number of anilines is 1. The van der Waals surface area contributed by atoms with Gasteiger partial charge in [-0.2, -0.15) is 0 Å². The van der Waals surface area contributed by atoms with E-state index in [2.05, 4.69) is 15.5 Å². The number of para-hydroxylation sites is 1. The van der Waals surface area contributed by atoms with Gasteiger partial charge >= 0.3 is 6.03 Å². The van der Waals surface area contributed by atoms with Crippen LogP contribution in [-0.2, 0) is 0 Å². The molecule has 1 saturated heterocycles. The zero-order chi connectivity index (χ0) is 13.9. The second-order valence-corrected chi connectivity index (χ2v) is 5.70. The molecule has 2 fully saturated rings. The predicted molar refractivity (Wildman–Crippen MR) is 76.1 cm³/mol. The Morgan fingerprint density at radius 3 is 2.85 bits per heavy atom. The molecule has 1 aliphatic carbocycles. The number of amides is 2. The normalized spacial score (nSPS) is 22.8. The van der Waals surface area contributed by atoms with Crippen LogP contribution in [0.15, 0.2) is 24.3 Å². The molecule has 4 nitrogen and oxygen atoms in total. The van der Waals surface area contributed by atoms with Gasteiger partial charge in [-0.25, -0.2) is 9.18 Å². The quantitative estimate of drug-likeness (QED) is 0.888. The summed E-state index contributed by atoms with van der Waals surface area (Å²) in [6, 6.07) is 6.65. The largest absolute Gasteiger partial charge is 0.338 e. The van der Waals surface area contributed by atoms with Gasteiger partial charge in [0, 0.05) is 19.1 Å². The second kappa shape index (κ2) is 5.79. The zero-order valence-electron chi connectivity index (χ0n) is 11.4. The fraction of sp³-hybridized carbons (Fsp3) is 0.533. The first-order chi connectivity index (χ1) is 9.72. The van der Waals surface area contributed by atoms with Crippen molar-refractivity contribution in [2.24, 2.45) is 5.92 Å². The predicted octanol–water partition coefficient (Wildman–Crippen LogP) is 2.43. The van der Waals surface area contributed by atoms with E-state index in [1.807, 2.05) is 0 Å². The number of rotatable bonds is 4. The number of likely N-dealkylation sites (tertiary alicyclic amines) is 1. The fourth-order valence-electron chi connectivity index (χ4n) is 2.77. The van der Waals surface area contributed by atoms with Crippen molar-refractivity contribution >= 4 is 11.7 Å². The molecular formula is C15H20FN3O. The topological polar surface area (TPSA) is 44.4 Å². The van der Waals surface area contributed by atoms with Gasteiger partial charge in [-0.3, -0.25) is 0 Å². The van der Waals surface area contributed by atoms with Gasteiger partial charge in [0.15, 0.2) is 0 Å². The average Bonchev–Trinajstić information content (AvgIpc) is 3.18. The molecule has 0 bridgehead atoms. The number of halogens is 1. The standard InChI is InChI=1S/C15H20FN3O/c16-13-3-1-2-4-14(13)18-15(20)17-9-11-7-8-19(10-11)12-5-6-12/h1-4,11-12H,5-10H2,(H2,17,18,20)/t11-/m0/s1. The fourth-order valence-corrected chi connectivity index (χ4v) is 2.77. The van der Waals surface area contributed by atoms with Crippen LogP contribution in [0.4, 0.5) is 14.9 Å². The van der Waals surface area contributed by atoms with Crippen LogP contribution in [0.3, 0.4) is 0 Å². The zero-order valence-corrected chi connectivity index (χ0v) is 11.4. The molecular weight excluding hydrogens is 257 g/mol. The van der Waals surface area contributed by atoms with E-state index in [0.29, 0.717) is 12.5 Å². The third kappa shape index (κ3) is 3.28. The van der Waals surface area contributed by atoms with E-state index in [-0.39, 0.29) is 11.7 Å². The van der Waals surface area contributed by atoms with Gasteiger partial charge < -0.3 is 15.5 Å². The Morgan fingerprint density at radius 1 is 1.30 bits per heavy atom. The van der Waals surface area contributed by atoms with E-state index in [1.54, 1.807) is 18.2 Å². The summed E-state index contributed by atoms with van der Waals surface area (Å²) >= 11 is 0. The Hall–Kier alpha value is -1.62. The molecule has 2 aliphatic rings. The molecule has 0 spiro atoms. The SMILES string of the molecule is O=C(NC[C@@H]1CCN(C2CC2)C1)Nc1ccccc1F. The number of benzene rings is 1. The van der Waals surface area contributed by atoms with Gasteiger partial charge in [0.25, 0.3) is 0 Å². The molecule has 108 valence electrons. The average molecular weight is 277 g/mol. The van der Waals surface area contributed by atoms with Crippen molar-refractivity contribution in [1.82, 2.24) is 10.2 Å². The molecule has 0 aromatic heterocycles. The van der Waals surface area contributed by atoms with E-state index < -0.39 is 5.82 Å². The number of nitrogens with one attached hydrogen (secondary N) is 2. The molecule has 1 aromatic carbocycles. The summed E-state index contributed by atoms with van der Waals surface area (Å²) in [5.41, 5.74) is 0.219. The molecule has 1 aromatic rings. The Kier molecular flexibility index (Phi) is 3.87. The molecule has 1 atom stereocenters. The summed E-state index contributed by atoms with van der Waals surface area (Å²) in [7, 11) is 0. The van der Waals surface area contributed by atoms with Crippen LogP contribution in [-0.4, -0.2) is 36.6 Å². The summed E-state index contributed by atoms with van der Waals surface area (Å²) in [6.07, 6.45) is 3.79. The monoisotopic (exact) mass is 277 g/mol. The van der Waals surface area contributed by atoms with E-state index >= 15 is 0 Å². The lowest BCUT2D eigenvalue weighted by Crippen LogP contribution is -2.34. The summed E-state index contributed by atoms with van der Waals surface area (Å²) in [4.78, 5) is 14.3. The van der Waals surface area contributed by atoms with Gasteiger partial charge in [-0.05, 0) is 43.9 Å². The molecule has 1 aliphatic heterocycles. The molecule has 0 unspecified atom stereocenters. The van der Waals surface area contributed by atoms with E-state index in [0.717, 1.165) is 25.6 Å². The van der Waals surface area contributed by atoms with Gasteiger partial charge in [0.2, 0.25) is 0 Å². The van der Waals surface area contributed by atoms with Gasteiger partial charge in [0.1, 0.15) is 5.82 Å². The summed E-state index contributed by atoms with van der Waals surface area (Å²) in [5, 5.41) is 5.38. The van der Waals surface area contributed by atoms with E-state index in [1.165, 1.54) is 18.9 Å². The Bertz CT molecular complexity index is 490. The second-order valence-electron chi connectivity index (χ2n) is 5.70. The Balaban J connectivity index is 1.42. The van der Waals surface area contributed by atoms with Crippen molar-refractivity contribution in [3.63, 3.8) is 0 Å². The van der Waals surface area contributed by atoms with Gasteiger partial charge in [0.05, 0.1) is 5.69 Å². The van der Waals surface area contributed by atoms with Gasteiger partial charge in [-0.1, -0.05) is 12.1 Å². The first kappa shape index (κ1) is 13.4.